The van der Waals surface area contributed by atoms with E-state index in [0.717, 1.165) is 25.7 Å². The molecule has 0 atom stereocenters. The topological polar surface area (TPSA) is 43.1 Å². The molecule has 0 aromatic heterocycles. The molecular formula is C12H23NO. The predicted octanol–water partition coefficient (Wildman–Crippen LogP) is 2.65. The van der Waals surface area contributed by atoms with Gasteiger partial charge in [0.05, 0.1) is 0 Å². The summed E-state index contributed by atoms with van der Waals surface area (Å²) in [5, 5.41) is 0. The Morgan fingerprint density at radius 3 is 2.36 bits per heavy atom. The Morgan fingerprint density at radius 1 is 1.21 bits per heavy atom. The monoisotopic (exact) mass is 197 g/mol. The van der Waals surface area contributed by atoms with E-state index in [9.17, 15) is 4.79 Å². The predicted molar refractivity (Wildman–Crippen MR) is 59.1 cm³/mol. The fraction of sp³-hybridized carbons (Fsp3) is 0.917. The molecule has 1 aliphatic rings. The molecule has 2 heteroatoms. The van der Waals surface area contributed by atoms with Crippen LogP contribution in [0.3, 0.4) is 0 Å². The molecule has 1 fully saturated rings. The third-order valence-electron chi connectivity index (χ3n) is 3.34. The first kappa shape index (κ1) is 11.7. The third kappa shape index (κ3) is 3.09. The van der Waals surface area contributed by atoms with E-state index in [1.807, 2.05) is 0 Å². The lowest BCUT2D eigenvalue weighted by Crippen LogP contribution is -2.24. The number of hydrogen-bond donors (Lipinski definition) is 1. The van der Waals surface area contributed by atoms with Gasteiger partial charge in [-0.2, -0.15) is 0 Å². The van der Waals surface area contributed by atoms with Gasteiger partial charge in [0.2, 0.25) is 0 Å². The van der Waals surface area contributed by atoms with Crippen LogP contribution in [0.2, 0.25) is 0 Å². The second kappa shape index (κ2) is 5.50. The molecule has 0 saturated heterocycles. The van der Waals surface area contributed by atoms with Gasteiger partial charge < -0.3 is 5.73 Å². The normalized spacial score (nSPS) is 18.1. The van der Waals surface area contributed by atoms with Gasteiger partial charge in [-0.3, -0.25) is 4.79 Å². The Bertz CT molecular complexity index is 185. The highest BCUT2D eigenvalue weighted by Gasteiger charge is 2.47. The molecule has 0 bridgehead atoms. The average molecular weight is 197 g/mol. The molecule has 14 heavy (non-hydrogen) atoms. The van der Waals surface area contributed by atoms with E-state index in [4.69, 9.17) is 5.73 Å². The average Bonchev–Trinajstić information content (AvgIpc) is 2.98. The third-order valence-corrected chi connectivity index (χ3v) is 3.34. The highest BCUT2D eigenvalue weighted by Crippen LogP contribution is 2.46. The van der Waals surface area contributed by atoms with E-state index in [-0.39, 0.29) is 5.41 Å². The van der Waals surface area contributed by atoms with Crippen molar-refractivity contribution in [3.8, 4) is 0 Å². The summed E-state index contributed by atoms with van der Waals surface area (Å²) in [6.07, 6.45) is 8.96. The maximum absolute atomic E-state index is 11.7. The highest BCUT2D eigenvalue weighted by atomic mass is 16.1. The van der Waals surface area contributed by atoms with Crippen LogP contribution >= 0.6 is 0 Å². The molecular weight excluding hydrogens is 174 g/mol. The Kier molecular flexibility index (Phi) is 4.59. The van der Waals surface area contributed by atoms with Crippen molar-refractivity contribution in [1.29, 1.82) is 0 Å². The standard InChI is InChI=1S/C12H23NO/c1-2-3-4-5-6-7-11(14)12(10-13)8-9-12/h2-10,13H2,1H3. The maximum atomic E-state index is 11.7. The summed E-state index contributed by atoms with van der Waals surface area (Å²) >= 11 is 0. The summed E-state index contributed by atoms with van der Waals surface area (Å²) in [4.78, 5) is 11.7. The minimum atomic E-state index is -0.0647. The lowest BCUT2D eigenvalue weighted by molar-refractivity contribution is -0.123. The highest BCUT2D eigenvalue weighted by molar-refractivity contribution is 5.87. The van der Waals surface area contributed by atoms with E-state index in [1.165, 1.54) is 25.7 Å². The fourth-order valence-corrected chi connectivity index (χ4v) is 1.90. The molecule has 0 unspecified atom stereocenters. The molecule has 0 aromatic carbocycles. The van der Waals surface area contributed by atoms with Crippen LogP contribution in [0.25, 0.3) is 0 Å². The van der Waals surface area contributed by atoms with Gasteiger partial charge in [0.15, 0.2) is 0 Å². The van der Waals surface area contributed by atoms with Gasteiger partial charge in [-0.25, -0.2) is 0 Å². The molecule has 1 saturated carbocycles. The molecule has 0 aromatic rings. The Morgan fingerprint density at radius 2 is 1.86 bits per heavy atom. The first-order valence-electron chi connectivity index (χ1n) is 5.98. The van der Waals surface area contributed by atoms with E-state index in [1.54, 1.807) is 0 Å². The van der Waals surface area contributed by atoms with Crippen molar-refractivity contribution in [2.24, 2.45) is 11.1 Å². The Hall–Kier alpha value is -0.370. The largest absolute Gasteiger partial charge is 0.329 e. The lowest BCUT2D eigenvalue weighted by atomic mass is 9.96. The molecule has 0 amide bonds. The summed E-state index contributed by atoms with van der Waals surface area (Å²) in [6.45, 7) is 2.78. The molecule has 0 heterocycles. The van der Waals surface area contributed by atoms with E-state index in [2.05, 4.69) is 6.92 Å². The second-order valence-electron chi connectivity index (χ2n) is 4.57. The van der Waals surface area contributed by atoms with Gasteiger partial charge in [-0.1, -0.05) is 32.6 Å². The summed E-state index contributed by atoms with van der Waals surface area (Å²) in [5.41, 5.74) is 5.54. The molecule has 0 spiro atoms. The van der Waals surface area contributed by atoms with Crippen molar-refractivity contribution < 1.29 is 4.79 Å². The number of nitrogens with two attached hydrogens (primary N) is 1. The smallest absolute Gasteiger partial charge is 0.140 e. The van der Waals surface area contributed by atoms with Gasteiger partial charge >= 0.3 is 0 Å². The number of unbranched alkanes of at least 4 members (excludes halogenated alkanes) is 4. The second-order valence-corrected chi connectivity index (χ2v) is 4.57. The molecule has 0 aliphatic heterocycles. The van der Waals surface area contributed by atoms with Gasteiger partial charge in [0, 0.05) is 18.4 Å². The zero-order valence-electron chi connectivity index (χ0n) is 9.35. The minimum absolute atomic E-state index is 0.0647. The van der Waals surface area contributed by atoms with Crippen molar-refractivity contribution >= 4 is 5.78 Å². The number of carbonyl (C=O) groups excluding carboxylic acids is 1. The van der Waals surface area contributed by atoms with Crippen molar-refractivity contribution in [1.82, 2.24) is 0 Å². The van der Waals surface area contributed by atoms with Crippen molar-refractivity contribution in [2.75, 3.05) is 6.54 Å². The number of Topliss-reactive ketones (excluding diaryl/α,β-unsaturated/α-hetero) is 1. The van der Waals surface area contributed by atoms with Crippen LogP contribution in [-0.2, 0) is 4.79 Å². The zero-order chi connectivity index (χ0) is 10.4. The van der Waals surface area contributed by atoms with Crippen molar-refractivity contribution in [3.05, 3.63) is 0 Å². The lowest BCUT2D eigenvalue weighted by Gasteiger charge is -2.10. The van der Waals surface area contributed by atoms with Crippen LogP contribution in [0.1, 0.15) is 58.3 Å². The molecule has 1 aliphatic carbocycles. The van der Waals surface area contributed by atoms with Gasteiger partial charge in [-0.15, -0.1) is 0 Å². The first-order chi connectivity index (χ1) is 6.75. The van der Waals surface area contributed by atoms with Gasteiger partial charge in [0.25, 0.3) is 0 Å². The Labute approximate surface area is 87.2 Å². The van der Waals surface area contributed by atoms with E-state index >= 15 is 0 Å². The molecule has 2 N–H and O–H groups in total. The van der Waals surface area contributed by atoms with Gasteiger partial charge in [-0.05, 0) is 19.3 Å². The Balaban J connectivity index is 2.04. The van der Waals surface area contributed by atoms with Gasteiger partial charge in [0.1, 0.15) is 5.78 Å². The van der Waals surface area contributed by atoms with Crippen LogP contribution < -0.4 is 5.73 Å². The number of hydrogen-bond acceptors (Lipinski definition) is 2. The van der Waals surface area contributed by atoms with E-state index < -0.39 is 0 Å². The summed E-state index contributed by atoms with van der Waals surface area (Å²) in [6, 6.07) is 0. The molecule has 0 radical (unpaired) electrons. The molecule has 1 rings (SSSR count). The number of rotatable bonds is 8. The minimum Gasteiger partial charge on any atom is -0.329 e. The summed E-state index contributed by atoms with van der Waals surface area (Å²) in [5.74, 6) is 0.427. The number of ketones is 1. The summed E-state index contributed by atoms with van der Waals surface area (Å²) in [7, 11) is 0. The molecule has 2 nitrogen and oxygen atoms in total. The van der Waals surface area contributed by atoms with Crippen LogP contribution in [-0.4, -0.2) is 12.3 Å². The van der Waals surface area contributed by atoms with Crippen LogP contribution in [0, 0.1) is 5.41 Å². The quantitative estimate of drug-likeness (QED) is 0.608. The fourth-order valence-electron chi connectivity index (χ4n) is 1.90. The maximum Gasteiger partial charge on any atom is 0.140 e. The van der Waals surface area contributed by atoms with Crippen molar-refractivity contribution in [3.63, 3.8) is 0 Å². The number of carbonyl (C=O) groups is 1. The SMILES string of the molecule is CCCCCCCC(=O)C1(CN)CC1. The summed E-state index contributed by atoms with van der Waals surface area (Å²) < 4.78 is 0. The zero-order valence-corrected chi connectivity index (χ0v) is 9.35. The van der Waals surface area contributed by atoms with Crippen LogP contribution in [0.15, 0.2) is 0 Å². The van der Waals surface area contributed by atoms with Crippen molar-refractivity contribution in [2.45, 2.75) is 58.3 Å². The van der Waals surface area contributed by atoms with Crippen LogP contribution in [0.4, 0.5) is 0 Å². The van der Waals surface area contributed by atoms with E-state index in [0.29, 0.717) is 12.3 Å². The first-order valence-corrected chi connectivity index (χ1v) is 5.98. The van der Waals surface area contributed by atoms with Crippen LogP contribution in [0.5, 0.6) is 0 Å². The molecule has 82 valence electrons.